The number of carbonyl (C=O) groups is 1. The third kappa shape index (κ3) is 2.80. The van der Waals surface area contributed by atoms with Crippen LogP contribution in [0.4, 0.5) is 11.4 Å². The Balaban J connectivity index is 2.24. The third-order valence-corrected chi connectivity index (χ3v) is 2.94. The first kappa shape index (κ1) is 13.7. The molecule has 1 amide bonds. The van der Waals surface area contributed by atoms with Gasteiger partial charge < -0.3 is 5.32 Å². The summed E-state index contributed by atoms with van der Waals surface area (Å²) in [5.41, 5.74) is 2.33. The predicted octanol–water partition coefficient (Wildman–Crippen LogP) is 2.86. The number of nitro benzene ring substituents is 1. The molecule has 20 heavy (non-hydrogen) atoms. The highest BCUT2D eigenvalue weighted by Crippen LogP contribution is 2.20. The lowest BCUT2D eigenvalue weighted by Crippen LogP contribution is -2.13. The van der Waals surface area contributed by atoms with Gasteiger partial charge in [-0.2, -0.15) is 0 Å². The molecule has 0 aliphatic rings. The zero-order valence-electron chi connectivity index (χ0n) is 11.1. The van der Waals surface area contributed by atoms with Crippen molar-refractivity contribution >= 4 is 17.3 Å². The smallest absolute Gasteiger partial charge is 0.272 e. The molecule has 0 bridgehead atoms. The van der Waals surface area contributed by atoms with E-state index < -0.39 is 4.92 Å². The molecule has 2 aromatic rings. The standard InChI is InChI=1S/C14H13N3O3/c1-9-5-6-15-8-12(9)16-14(18)11-3-4-13(17(19)20)10(2)7-11/h3-8H,1-2H3,(H,16,18). The molecule has 1 N–H and O–H groups in total. The summed E-state index contributed by atoms with van der Waals surface area (Å²) in [6.45, 7) is 3.46. The van der Waals surface area contributed by atoms with Crippen molar-refractivity contribution in [2.24, 2.45) is 0 Å². The van der Waals surface area contributed by atoms with E-state index in [9.17, 15) is 14.9 Å². The van der Waals surface area contributed by atoms with Crippen LogP contribution in [0.1, 0.15) is 21.5 Å². The summed E-state index contributed by atoms with van der Waals surface area (Å²) in [5.74, 6) is -0.320. The first-order valence-corrected chi connectivity index (χ1v) is 5.96. The Kier molecular flexibility index (Phi) is 3.74. The van der Waals surface area contributed by atoms with E-state index >= 15 is 0 Å². The normalized spacial score (nSPS) is 10.1. The molecular weight excluding hydrogens is 258 g/mol. The van der Waals surface area contributed by atoms with Crippen molar-refractivity contribution in [3.8, 4) is 0 Å². The summed E-state index contributed by atoms with van der Waals surface area (Å²) in [5, 5.41) is 13.5. The van der Waals surface area contributed by atoms with Crippen LogP contribution in [0.25, 0.3) is 0 Å². The fraction of sp³-hybridized carbons (Fsp3) is 0.143. The molecule has 1 aromatic carbocycles. The van der Waals surface area contributed by atoms with Crippen LogP contribution in [0.15, 0.2) is 36.7 Å². The van der Waals surface area contributed by atoms with Gasteiger partial charge in [0, 0.05) is 23.4 Å². The molecule has 1 heterocycles. The average Bonchev–Trinajstić information content (AvgIpc) is 2.40. The lowest BCUT2D eigenvalue weighted by Gasteiger charge is -2.08. The van der Waals surface area contributed by atoms with E-state index in [0.29, 0.717) is 16.8 Å². The number of pyridine rings is 1. The van der Waals surface area contributed by atoms with Crippen LogP contribution in [0, 0.1) is 24.0 Å². The molecule has 0 aliphatic carbocycles. The fourth-order valence-corrected chi connectivity index (χ4v) is 1.79. The summed E-state index contributed by atoms with van der Waals surface area (Å²) < 4.78 is 0. The number of amides is 1. The number of benzene rings is 1. The van der Waals surface area contributed by atoms with Gasteiger partial charge in [-0.05, 0) is 37.6 Å². The molecule has 0 unspecified atom stereocenters. The highest BCUT2D eigenvalue weighted by molar-refractivity contribution is 6.04. The van der Waals surface area contributed by atoms with Gasteiger partial charge in [-0.25, -0.2) is 0 Å². The molecule has 0 aliphatic heterocycles. The number of nitro groups is 1. The zero-order chi connectivity index (χ0) is 14.7. The van der Waals surface area contributed by atoms with Crippen LogP contribution in [0.2, 0.25) is 0 Å². The van der Waals surface area contributed by atoms with Crippen molar-refractivity contribution in [2.75, 3.05) is 5.32 Å². The molecular formula is C14H13N3O3. The van der Waals surface area contributed by atoms with E-state index in [-0.39, 0.29) is 11.6 Å². The van der Waals surface area contributed by atoms with Crippen molar-refractivity contribution in [3.63, 3.8) is 0 Å². The number of hydrogen-bond donors (Lipinski definition) is 1. The topological polar surface area (TPSA) is 85.1 Å². The fourth-order valence-electron chi connectivity index (χ4n) is 1.79. The molecule has 0 atom stereocenters. The molecule has 6 heteroatoms. The monoisotopic (exact) mass is 271 g/mol. The van der Waals surface area contributed by atoms with Crippen molar-refractivity contribution in [1.29, 1.82) is 0 Å². The minimum Gasteiger partial charge on any atom is -0.320 e. The molecule has 2 rings (SSSR count). The first-order chi connectivity index (χ1) is 9.49. The van der Waals surface area contributed by atoms with E-state index in [1.54, 1.807) is 25.4 Å². The number of nitrogens with zero attached hydrogens (tertiary/aromatic N) is 2. The number of rotatable bonds is 3. The second kappa shape index (κ2) is 5.48. The lowest BCUT2D eigenvalue weighted by molar-refractivity contribution is -0.385. The van der Waals surface area contributed by atoms with Gasteiger partial charge in [0.1, 0.15) is 0 Å². The number of carbonyl (C=O) groups excluding carboxylic acids is 1. The number of aromatic nitrogens is 1. The predicted molar refractivity (Wildman–Crippen MR) is 74.8 cm³/mol. The number of nitrogens with one attached hydrogen (secondary N) is 1. The van der Waals surface area contributed by atoms with Gasteiger partial charge in [0.25, 0.3) is 11.6 Å². The summed E-state index contributed by atoms with van der Waals surface area (Å²) in [7, 11) is 0. The van der Waals surface area contributed by atoms with Gasteiger partial charge >= 0.3 is 0 Å². The molecule has 0 fully saturated rings. The van der Waals surface area contributed by atoms with Gasteiger partial charge in [-0.1, -0.05) is 0 Å². The van der Waals surface area contributed by atoms with Crippen molar-refractivity contribution in [2.45, 2.75) is 13.8 Å². The molecule has 0 saturated heterocycles. The SMILES string of the molecule is Cc1ccncc1NC(=O)c1ccc([N+](=O)[O-])c(C)c1. The third-order valence-electron chi connectivity index (χ3n) is 2.94. The Hall–Kier alpha value is -2.76. The van der Waals surface area contributed by atoms with Gasteiger partial charge in [0.2, 0.25) is 0 Å². The van der Waals surface area contributed by atoms with Crippen LogP contribution >= 0.6 is 0 Å². The molecule has 0 saturated carbocycles. The highest BCUT2D eigenvalue weighted by atomic mass is 16.6. The first-order valence-electron chi connectivity index (χ1n) is 5.96. The van der Waals surface area contributed by atoms with Crippen LogP contribution in [0.3, 0.4) is 0 Å². The maximum absolute atomic E-state index is 12.1. The second-order valence-electron chi connectivity index (χ2n) is 4.40. The minimum atomic E-state index is -0.470. The molecule has 102 valence electrons. The van der Waals surface area contributed by atoms with E-state index in [1.807, 2.05) is 6.92 Å². The molecule has 0 radical (unpaired) electrons. The maximum atomic E-state index is 12.1. The average molecular weight is 271 g/mol. The number of hydrogen-bond acceptors (Lipinski definition) is 4. The van der Waals surface area contributed by atoms with Gasteiger partial charge in [0.15, 0.2) is 0 Å². The zero-order valence-corrected chi connectivity index (χ0v) is 11.1. The van der Waals surface area contributed by atoms with Gasteiger partial charge in [-0.15, -0.1) is 0 Å². The number of anilines is 1. The van der Waals surface area contributed by atoms with E-state index in [2.05, 4.69) is 10.3 Å². The summed E-state index contributed by atoms with van der Waals surface area (Å²) >= 11 is 0. The Morgan fingerprint density at radius 1 is 1.25 bits per heavy atom. The largest absolute Gasteiger partial charge is 0.320 e. The van der Waals surface area contributed by atoms with Crippen molar-refractivity contribution in [1.82, 2.24) is 4.98 Å². The second-order valence-corrected chi connectivity index (χ2v) is 4.40. The molecule has 1 aromatic heterocycles. The minimum absolute atomic E-state index is 0.000826. The van der Waals surface area contributed by atoms with Crippen LogP contribution in [-0.4, -0.2) is 15.8 Å². The van der Waals surface area contributed by atoms with E-state index in [4.69, 9.17) is 0 Å². The summed E-state index contributed by atoms with van der Waals surface area (Å²) in [6.07, 6.45) is 3.20. The van der Waals surface area contributed by atoms with Gasteiger partial charge in [0.05, 0.1) is 16.8 Å². The Labute approximate surface area is 115 Å². The Morgan fingerprint density at radius 2 is 2.00 bits per heavy atom. The lowest BCUT2D eigenvalue weighted by atomic mass is 10.1. The summed E-state index contributed by atoms with van der Waals surface area (Å²) in [6, 6.07) is 6.06. The maximum Gasteiger partial charge on any atom is 0.272 e. The Morgan fingerprint density at radius 3 is 2.60 bits per heavy atom. The quantitative estimate of drug-likeness (QED) is 0.687. The molecule has 0 spiro atoms. The van der Waals surface area contributed by atoms with Crippen LogP contribution in [-0.2, 0) is 0 Å². The van der Waals surface area contributed by atoms with Crippen molar-refractivity contribution in [3.05, 3.63) is 63.5 Å². The number of aryl methyl sites for hydroxylation is 2. The Bertz CT molecular complexity index is 683. The highest BCUT2D eigenvalue weighted by Gasteiger charge is 2.14. The summed E-state index contributed by atoms with van der Waals surface area (Å²) in [4.78, 5) is 26.3. The van der Waals surface area contributed by atoms with Gasteiger partial charge in [-0.3, -0.25) is 19.9 Å². The van der Waals surface area contributed by atoms with Crippen molar-refractivity contribution < 1.29 is 9.72 Å². The molecule has 6 nitrogen and oxygen atoms in total. The van der Waals surface area contributed by atoms with Crippen LogP contribution < -0.4 is 5.32 Å². The van der Waals surface area contributed by atoms with E-state index in [1.165, 1.54) is 18.2 Å². The van der Waals surface area contributed by atoms with Crippen LogP contribution in [0.5, 0.6) is 0 Å². The van der Waals surface area contributed by atoms with E-state index in [0.717, 1.165) is 5.56 Å².